The standard InChI is InChI=1S/C15H28O4.C9H16O4S.C7H12O5/c1-2-3-4-5-6-9-12-15(18)19-13-10-7-8-11-14(16)17;1-9(2,8(12)13-3)6-14-5-4-7(10)11;1-11-4-5-12-7(10)3-2-6(8)9/h2-13H2,1H3,(H,16,17);4-6H2,1-3H3,(H,10,11);2-5H2,1H3,(H,8,9). The fraction of sp³-hybridized carbons (Fsp3) is 0.806. The largest absolute Gasteiger partial charge is 0.481 e. The van der Waals surface area contributed by atoms with Crippen LogP contribution < -0.4 is 0 Å². The number of methoxy groups -OCH3 is 2. The van der Waals surface area contributed by atoms with E-state index in [4.69, 9.17) is 20.1 Å². The van der Waals surface area contributed by atoms with Gasteiger partial charge in [0.2, 0.25) is 0 Å². The van der Waals surface area contributed by atoms with Crippen molar-refractivity contribution >= 4 is 47.6 Å². The Kier molecular flexibility index (Phi) is 33.6. The molecule has 45 heavy (non-hydrogen) atoms. The summed E-state index contributed by atoms with van der Waals surface area (Å²) in [5, 5.41) is 25.0. The summed E-state index contributed by atoms with van der Waals surface area (Å²) in [6.07, 6.45) is 9.79. The molecule has 0 spiro atoms. The van der Waals surface area contributed by atoms with Gasteiger partial charge in [0.1, 0.15) is 6.61 Å². The van der Waals surface area contributed by atoms with Gasteiger partial charge in [-0.25, -0.2) is 0 Å². The second kappa shape index (κ2) is 32.5. The van der Waals surface area contributed by atoms with Crippen LogP contribution in [0.25, 0.3) is 0 Å². The zero-order valence-electron chi connectivity index (χ0n) is 27.8. The average molecular weight is 669 g/mol. The Morgan fingerprint density at radius 2 is 1.11 bits per heavy atom. The highest BCUT2D eigenvalue weighted by molar-refractivity contribution is 7.99. The van der Waals surface area contributed by atoms with Crippen LogP contribution in [0.2, 0.25) is 0 Å². The number of carbonyl (C=O) groups is 6. The molecule has 0 aromatic carbocycles. The van der Waals surface area contributed by atoms with E-state index in [1.54, 1.807) is 13.8 Å². The Morgan fingerprint density at radius 3 is 1.67 bits per heavy atom. The van der Waals surface area contributed by atoms with Crippen LogP contribution in [0.1, 0.15) is 111 Å². The fourth-order valence-corrected chi connectivity index (χ4v) is 4.30. The van der Waals surface area contributed by atoms with Gasteiger partial charge in [-0.2, -0.15) is 11.8 Å². The van der Waals surface area contributed by atoms with Crippen LogP contribution in [0.5, 0.6) is 0 Å². The summed E-state index contributed by atoms with van der Waals surface area (Å²) in [6.45, 7) is 6.69. The summed E-state index contributed by atoms with van der Waals surface area (Å²) >= 11 is 1.45. The molecule has 0 aliphatic rings. The molecule has 0 bridgehead atoms. The van der Waals surface area contributed by atoms with Gasteiger partial charge in [-0.05, 0) is 39.5 Å². The number of carbonyl (C=O) groups excluding carboxylic acids is 3. The first-order valence-electron chi connectivity index (χ1n) is 15.3. The number of hydrogen-bond acceptors (Lipinski definition) is 11. The number of carboxylic acid groups (broad SMARTS) is 3. The highest BCUT2D eigenvalue weighted by Gasteiger charge is 2.28. The van der Waals surface area contributed by atoms with Crippen molar-refractivity contribution in [1.82, 2.24) is 0 Å². The van der Waals surface area contributed by atoms with Crippen molar-refractivity contribution in [2.45, 2.75) is 111 Å². The lowest BCUT2D eigenvalue weighted by Crippen LogP contribution is -2.28. The Balaban J connectivity index is -0.000000607. The van der Waals surface area contributed by atoms with E-state index in [0.29, 0.717) is 37.6 Å². The number of hydrogen-bond donors (Lipinski definition) is 3. The first-order chi connectivity index (χ1) is 21.2. The number of esters is 3. The average Bonchev–Trinajstić information content (AvgIpc) is 2.98. The van der Waals surface area contributed by atoms with Crippen molar-refractivity contribution in [2.75, 3.05) is 45.5 Å². The Morgan fingerprint density at radius 1 is 0.600 bits per heavy atom. The minimum atomic E-state index is -1.00. The summed E-state index contributed by atoms with van der Waals surface area (Å²) in [6, 6.07) is 0. The van der Waals surface area contributed by atoms with E-state index in [0.717, 1.165) is 25.7 Å². The molecule has 0 heterocycles. The third-order valence-corrected chi connectivity index (χ3v) is 7.21. The molecule has 0 aliphatic heterocycles. The highest BCUT2D eigenvalue weighted by Crippen LogP contribution is 2.23. The van der Waals surface area contributed by atoms with Gasteiger partial charge in [0, 0.05) is 31.5 Å². The van der Waals surface area contributed by atoms with E-state index in [9.17, 15) is 28.8 Å². The number of thioether (sulfide) groups is 1. The molecule has 0 aromatic heterocycles. The van der Waals surface area contributed by atoms with Crippen molar-refractivity contribution in [3.8, 4) is 0 Å². The maximum Gasteiger partial charge on any atom is 0.312 e. The van der Waals surface area contributed by atoms with Gasteiger partial charge in [-0.1, -0.05) is 39.0 Å². The minimum Gasteiger partial charge on any atom is -0.481 e. The second-order valence-corrected chi connectivity index (χ2v) is 11.7. The van der Waals surface area contributed by atoms with Crippen molar-refractivity contribution in [3.63, 3.8) is 0 Å². The SMILES string of the molecule is CCCCCCCCC(=O)OCCCCCC(=O)O.COC(=O)C(C)(C)CSCCC(=O)O.COCCOC(=O)CCC(=O)O. The molecule has 0 fully saturated rings. The molecular weight excluding hydrogens is 612 g/mol. The quantitative estimate of drug-likeness (QED) is 0.0638. The molecule has 0 atom stereocenters. The molecule has 0 unspecified atom stereocenters. The first kappa shape index (κ1) is 46.5. The molecule has 264 valence electrons. The van der Waals surface area contributed by atoms with Crippen LogP contribution >= 0.6 is 11.8 Å². The number of ether oxygens (including phenoxy) is 4. The lowest BCUT2D eigenvalue weighted by molar-refractivity contribution is -0.149. The van der Waals surface area contributed by atoms with E-state index in [1.165, 1.54) is 51.7 Å². The molecule has 0 saturated carbocycles. The van der Waals surface area contributed by atoms with Crippen LogP contribution in [0.4, 0.5) is 0 Å². The van der Waals surface area contributed by atoms with Gasteiger partial charge in [-0.15, -0.1) is 0 Å². The van der Waals surface area contributed by atoms with Gasteiger partial charge >= 0.3 is 35.8 Å². The van der Waals surface area contributed by atoms with Crippen LogP contribution in [-0.4, -0.2) is 96.7 Å². The Bertz CT molecular complexity index is 815. The zero-order valence-corrected chi connectivity index (χ0v) is 28.6. The summed E-state index contributed by atoms with van der Waals surface area (Å²) in [5.41, 5.74) is -0.544. The Labute approximate surface area is 272 Å². The molecule has 0 aromatic rings. The summed E-state index contributed by atoms with van der Waals surface area (Å²) in [4.78, 5) is 63.7. The molecule has 0 rings (SSSR count). The van der Waals surface area contributed by atoms with E-state index in [1.807, 2.05) is 0 Å². The number of aliphatic carboxylic acids is 3. The molecule has 13 nitrogen and oxygen atoms in total. The highest BCUT2D eigenvalue weighted by atomic mass is 32.2. The molecule has 14 heteroatoms. The molecule has 0 saturated heterocycles. The van der Waals surface area contributed by atoms with E-state index in [2.05, 4.69) is 21.1 Å². The van der Waals surface area contributed by atoms with Crippen molar-refractivity contribution in [3.05, 3.63) is 0 Å². The third kappa shape index (κ3) is 39.1. The van der Waals surface area contributed by atoms with Crippen molar-refractivity contribution in [1.29, 1.82) is 0 Å². The maximum atomic E-state index is 11.4. The fourth-order valence-electron chi connectivity index (χ4n) is 3.20. The molecule has 3 N–H and O–H groups in total. The summed E-state index contributed by atoms with van der Waals surface area (Å²) < 4.78 is 18.9. The van der Waals surface area contributed by atoms with E-state index >= 15 is 0 Å². The number of carboxylic acids is 3. The zero-order chi connectivity index (χ0) is 34.9. The van der Waals surface area contributed by atoms with Crippen LogP contribution in [-0.2, 0) is 47.7 Å². The van der Waals surface area contributed by atoms with Gasteiger partial charge in [-0.3, -0.25) is 28.8 Å². The van der Waals surface area contributed by atoms with Gasteiger partial charge in [0.15, 0.2) is 0 Å². The van der Waals surface area contributed by atoms with Gasteiger partial charge < -0.3 is 34.3 Å². The Hall–Kier alpha value is -2.87. The number of unbranched alkanes of at least 4 members (excludes halogenated alkanes) is 7. The normalized spacial score (nSPS) is 10.3. The van der Waals surface area contributed by atoms with Crippen LogP contribution in [0.15, 0.2) is 0 Å². The summed E-state index contributed by atoms with van der Waals surface area (Å²) in [5.74, 6) is -2.36. The molecule has 0 aliphatic carbocycles. The predicted octanol–water partition coefficient (Wildman–Crippen LogP) is 5.36. The molecule has 0 radical (unpaired) electrons. The lowest BCUT2D eigenvalue weighted by atomic mass is 9.97. The molecule has 0 amide bonds. The second-order valence-electron chi connectivity index (χ2n) is 10.6. The predicted molar refractivity (Wildman–Crippen MR) is 170 cm³/mol. The lowest BCUT2D eigenvalue weighted by Gasteiger charge is -2.20. The van der Waals surface area contributed by atoms with Crippen molar-refractivity contribution < 1.29 is 63.0 Å². The summed E-state index contributed by atoms with van der Waals surface area (Å²) in [7, 11) is 2.84. The maximum absolute atomic E-state index is 11.4. The van der Waals surface area contributed by atoms with Crippen molar-refractivity contribution in [2.24, 2.45) is 5.41 Å². The molecular formula is C31H56O13S. The van der Waals surface area contributed by atoms with Gasteiger partial charge in [0.05, 0.1) is 45.0 Å². The van der Waals surface area contributed by atoms with E-state index < -0.39 is 29.3 Å². The smallest absolute Gasteiger partial charge is 0.312 e. The third-order valence-electron chi connectivity index (χ3n) is 5.79. The first-order valence-corrected chi connectivity index (χ1v) is 16.5. The topological polar surface area (TPSA) is 200 Å². The monoisotopic (exact) mass is 668 g/mol. The number of rotatable bonds is 25. The van der Waals surface area contributed by atoms with Crippen LogP contribution in [0, 0.1) is 5.41 Å². The van der Waals surface area contributed by atoms with Gasteiger partial charge in [0.25, 0.3) is 0 Å². The van der Waals surface area contributed by atoms with Crippen LogP contribution in [0.3, 0.4) is 0 Å². The minimum absolute atomic E-state index is 0.0843. The van der Waals surface area contributed by atoms with E-state index in [-0.39, 0.29) is 44.2 Å².